The van der Waals surface area contributed by atoms with Gasteiger partial charge in [-0.25, -0.2) is 4.98 Å². The molecule has 2 aromatic heterocycles. The van der Waals surface area contributed by atoms with Crippen LogP contribution in [0.3, 0.4) is 0 Å². The highest BCUT2D eigenvalue weighted by molar-refractivity contribution is 6.17. The third-order valence-electron chi connectivity index (χ3n) is 3.37. The fraction of sp³-hybridized carbons (Fsp3) is 0.692. The van der Waals surface area contributed by atoms with Crippen molar-refractivity contribution in [3.63, 3.8) is 0 Å². The number of nitrogens with zero attached hydrogens (tertiary/aromatic N) is 4. The van der Waals surface area contributed by atoms with Gasteiger partial charge in [0.2, 0.25) is 0 Å². The van der Waals surface area contributed by atoms with Crippen LogP contribution in [0.25, 0.3) is 11.2 Å². The Kier molecular flexibility index (Phi) is 4.81. The number of hydrogen-bond acceptors (Lipinski definition) is 2. The summed E-state index contributed by atoms with van der Waals surface area (Å²) in [4.78, 5) is 4.52. The molecule has 0 radical (unpaired) electrons. The second kappa shape index (κ2) is 6.25. The summed E-state index contributed by atoms with van der Waals surface area (Å²) >= 11 is 5.77. The van der Waals surface area contributed by atoms with Crippen molar-refractivity contribution in [3.05, 3.63) is 11.5 Å². The molecule has 0 unspecified atom stereocenters. The van der Waals surface area contributed by atoms with Crippen LogP contribution in [0.1, 0.15) is 31.3 Å². The Hall–Kier alpha value is -1.24. The first-order valence-corrected chi connectivity index (χ1v) is 7.44. The normalized spacial score (nSPS) is 12.5. The molecule has 0 aliphatic rings. The van der Waals surface area contributed by atoms with Crippen LogP contribution >= 0.6 is 11.6 Å². The summed E-state index contributed by atoms with van der Waals surface area (Å²) in [6.07, 6.45) is -3.64. The van der Waals surface area contributed by atoms with Gasteiger partial charge in [-0.3, -0.25) is 4.68 Å². The van der Waals surface area contributed by atoms with E-state index in [0.29, 0.717) is 12.3 Å². The van der Waals surface area contributed by atoms with Gasteiger partial charge in [0.15, 0.2) is 5.65 Å². The van der Waals surface area contributed by atoms with Crippen molar-refractivity contribution in [2.24, 2.45) is 7.05 Å². The van der Waals surface area contributed by atoms with Crippen LogP contribution in [-0.4, -0.2) is 31.4 Å². The molecule has 0 N–H and O–H groups in total. The maximum Gasteiger partial charge on any atom is 0.389 e. The van der Waals surface area contributed by atoms with E-state index >= 15 is 0 Å². The van der Waals surface area contributed by atoms with Gasteiger partial charge in [-0.2, -0.15) is 18.3 Å². The van der Waals surface area contributed by atoms with Gasteiger partial charge in [-0.05, 0) is 12.8 Å². The van der Waals surface area contributed by atoms with Crippen molar-refractivity contribution in [1.29, 1.82) is 0 Å². The first-order chi connectivity index (χ1) is 9.87. The molecule has 4 nitrogen and oxygen atoms in total. The summed E-state index contributed by atoms with van der Waals surface area (Å²) in [6, 6.07) is 0. The van der Waals surface area contributed by atoms with Crippen molar-refractivity contribution in [1.82, 2.24) is 19.3 Å². The van der Waals surface area contributed by atoms with E-state index in [1.165, 1.54) is 0 Å². The predicted octanol–water partition coefficient (Wildman–Crippen LogP) is 3.46. The largest absolute Gasteiger partial charge is 0.389 e. The first-order valence-electron chi connectivity index (χ1n) is 6.91. The molecule has 0 spiro atoms. The average Bonchev–Trinajstić information content (AvgIpc) is 2.88. The predicted molar refractivity (Wildman–Crippen MR) is 75.6 cm³/mol. The highest BCUT2D eigenvalue weighted by atomic mass is 35.5. The summed E-state index contributed by atoms with van der Waals surface area (Å²) in [5.74, 6) is 1.11. The zero-order valence-electron chi connectivity index (χ0n) is 12.0. The minimum absolute atomic E-state index is 0.0247. The maximum atomic E-state index is 12.3. The molecular weight excluding hydrogens is 305 g/mol. The van der Waals surface area contributed by atoms with Gasteiger partial charge in [-0.1, -0.05) is 6.92 Å². The Bertz CT molecular complexity index is 615. The monoisotopic (exact) mass is 322 g/mol. The number of fused-ring (bicyclic) bond motifs is 1. The van der Waals surface area contributed by atoms with Gasteiger partial charge < -0.3 is 4.57 Å². The lowest BCUT2D eigenvalue weighted by atomic mass is 10.3. The van der Waals surface area contributed by atoms with E-state index in [9.17, 15) is 13.2 Å². The highest BCUT2D eigenvalue weighted by Crippen LogP contribution is 2.25. The Balaban J connectivity index is 2.34. The van der Waals surface area contributed by atoms with Crippen LogP contribution in [0.4, 0.5) is 13.2 Å². The summed E-state index contributed by atoms with van der Waals surface area (Å²) in [5.41, 5.74) is 2.40. The van der Waals surface area contributed by atoms with Gasteiger partial charge in [0.1, 0.15) is 11.3 Å². The van der Waals surface area contributed by atoms with Crippen LogP contribution in [-0.2, 0) is 26.4 Å². The standard InChI is InChI=1S/C13H18ClF3N4/c1-3-9-11-12(20(2)19-9)21(10(18-11)5-7-14)8-4-6-13(15,16)17/h3-8H2,1-2H3. The second-order valence-corrected chi connectivity index (χ2v) is 5.31. The number of hydrogen-bond donors (Lipinski definition) is 0. The third kappa shape index (κ3) is 3.51. The molecule has 2 aromatic rings. The molecule has 2 heterocycles. The topological polar surface area (TPSA) is 35.6 Å². The number of rotatable bonds is 6. The molecule has 0 fully saturated rings. The van der Waals surface area contributed by atoms with Crippen molar-refractivity contribution in [2.45, 2.75) is 45.3 Å². The molecule has 0 atom stereocenters. The SMILES string of the molecule is CCc1nn(C)c2c1nc(CCCl)n2CCCC(F)(F)F. The molecule has 8 heteroatoms. The smallest absolute Gasteiger partial charge is 0.313 e. The fourth-order valence-corrected chi connectivity index (χ4v) is 2.64. The molecular formula is C13H18ClF3N4. The molecule has 0 aliphatic carbocycles. The average molecular weight is 323 g/mol. The molecule has 118 valence electrons. The second-order valence-electron chi connectivity index (χ2n) is 4.93. The van der Waals surface area contributed by atoms with E-state index in [4.69, 9.17) is 11.6 Å². The Morgan fingerprint density at radius 2 is 2.00 bits per heavy atom. The van der Waals surface area contributed by atoms with E-state index in [2.05, 4.69) is 10.1 Å². The van der Waals surface area contributed by atoms with E-state index < -0.39 is 12.6 Å². The van der Waals surface area contributed by atoms with Crippen molar-refractivity contribution in [2.75, 3.05) is 5.88 Å². The van der Waals surface area contributed by atoms with Crippen LogP contribution in [0.5, 0.6) is 0 Å². The van der Waals surface area contributed by atoms with Crippen LogP contribution in [0.2, 0.25) is 0 Å². The number of aromatic nitrogens is 4. The van der Waals surface area contributed by atoms with Crippen molar-refractivity contribution in [3.8, 4) is 0 Å². The summed E-state index contributed by atoms with van der Waals surface area (Å²) in [6.45, 7) is 2.25. The molecule has 0 aromatic carbocycles. The highest BCUT2D eigenvalue weighted by Gasteiger charge is 2.27. The third-order valence-corrected chi connectivity index (χ3v) is 3.55. The lowest BCUT2D eigenvalue weighted by Gasteiger charge is -2.10. The summed E-state index contributed by atoms with van der Waals surface area (Å²) < 4.78 is 40.5. The zero-order valence-corrected chi connectivity index (χ0v) is 12.8. The fourth-order valence-electron chi connectivity index (χ4n) is 2.47. The number of imidazole rings is 1. The van der Waals surface area contributed by atoms with Gasteiger partial charge in [0.25, 0.3) is 0 Å². The lowest BCUT2D eigenvalue weighted by molar-refractivity contribution is -0.135. The van der Waals surface area contributed by atoms with E-state index in [1.807, 2.05) is 11.5 Å². The Morgan fingerprint density at radius 3 is 2.57 bits per heavy atom. The Labute approximate surface area is 125 Å². The van der Waals surface area contributed by atoms with E-state index in [1.54, 1.807) is 11.7 Å². The molecule has 0 aliphatic heterocycles. The zero-order chi connectivity index (χ0) is 15.6. The number of halogens is 4. The van der Waals surface area contributed by atoms with E-state index in [0.717, 1.165) is 29.1 Å². The van der Waals surface area contributed by atoms with Gasteiger partial charge in [0, 0.05) is 32.3 Å². The molecule has 2 rings (SSSR count). The summed E-state index contributed by atoms with van der Waals surface area (Å²) in [7, 11) is 1.79. The lowest BCUT2D eigenvalue weighted by Crippen LogP contribution is -2.12. The van der Waals surface area contributed by atoms with Crippen molar-refractivity contribution >= 4 is 22.8 Å². The molecule has 21 heavy (non-hydrogen) atoms. The maximum absolute atomic E-state index is 12.3. The quantitative estimate of drug-likeness (QED) is 0.764. The summed E-state index contributed by atoms with van der Waals surface area (Å²) in [5, 5.41) is 4.37. The molecule has 0 saturated carbocycles. The van der Waals surface area contributed by atoms with Crippen molar-refractivity contribution < 1.29 is 13.2 Å². The van der Waals surface area contributed by atoms with Gasteiger partial charge in [0.05, 0.1) is 5.69 Å². The number of aryl methyl sites for hydroxylation is 4. The first kappa shape index (κ1) is 16.1. The van der Waals surface area contributed by atoms with Crippen LogP contribution in [0.15, 0.2) is 0 Å². The van der Waals surface area contributed by atoms with Crippen LogP contribution < -0.4 is 0 Å². The molecule has 0 saturated heterocycles. The van der Waals surface area contributed by atoms with Gasteiger partial charge >= 0.3 is 6.18 Å². The number of alkyl halides is 4. The van der Waals surface area contributed by atoms with E-state index in [-0.39, 0.29) is 13.0 Å². The Morgan fingerprint density at radius 1 is 1.29 bits per heavy atom. The molecule has 0 amide bonds. The molecule has 0 bridgehead atoms. The van der Waals surface area contributed by atoms with Crippen LogP contribution in [0, 0.1) is 0 Å². The minimum Gasteiger partial charge on any atom is -0.313 e. The van der Waals surface area contributed by atoms with Gasteiger partial charge in [-0.15, -0.1) is 11.6 Å². The minimum atomic E-state index is -4.13.